The number of allylic oxidation sites excluding steroid dienone is 8. The number of rotatable bonds is 13. The van der Waals surface area contributed by atoms with E-state index in [4.69, 9.17) is 6.42 Å². The molecule has 0 aliphatic carbocycles. The van der Waals surface area contributed by atoms with Gasteiger partial charge in [0, 0.05) is 11.1 Å². The zero-order valence-electron chi connectivity index (χ0n) is 47.6. The molecule has 9 aromatic rings. The third kappa shape index (κ3) is 15.4. The summed E-state index contributed by atoms with van der Waals surface area (Å²) in [4.78, 5) is 0. The number of terminal acetylenes is 1. The van der Waals surface area contributed by atoms with Gasteiger partial charge in [0.2, 0.25) is 0 Å². The Morgan fingerprint density at radius 2 is 0.753 bits per heavy atom. The van der Waals surface area contributed by atoms with Gasteiger partial charge in [-0.3, -0.25) is 0 Å². The minimum atomic E-state index is 0.289. The highest BCUT2D eigenvalue weighted by molar-refractivity contribution is 5.91. The van der Waals surface area contributed by atoms with Gasteiger partial charge in [0.25, 0.3) is 0 Å². The fourth-order valence-corrected chi connectivity index (χ4v) is 9.21. The SMILES string of the molecule is C#C/C(=C\C(C#N)=C/C)c1cc(/C(C)=C/C=C\CC#N)cc(-c2cc(-c3cc(-c4cccc(C#N)c4)cc(-c4cccc(C#N)c4)c3)cc(-c3cc(-c4ccccc4)cc(-c4cccc(-c5ccccc5)c4)c3)c2)c1.CC.CC.CC. The van der Waals surface area contributed by atoms with Gasteiger partial charge >= 0.3 is 0 Å². The first-order chi connectivity index (χ1) is 39.7. The molecule has 9 rings (SSSR count). The molecule has 81 heavy (non-hydrogen) atoms. The fourth-order valence-electron chi connectivity index (χ4n) is 9.21. The molecule has 4 heteroatoms. The molecule has 0 bridgehead atoms. The van der Waals surface area contributed by atoms with E-state index in [1.165, 1.54) is 0 Å². The van der Waals surface area contributed by atoms with Crippen LogP contribution in [0, 0.1) is 57.7 Å². The van der Waals surface area contributed by atoms with Crippen molar-refractivity contribution in [1.82, 2.24) is 0 Å². The van der Waals surface area contributed by atoms with E-state index >= 15 is 0 Å². The standard InChI is InChI=1S/C71H48N4.3C2H6/c1-4-50(46-73)30-53(5-2)61-34-60(49(3)18-9-8-14-29-72)35-66(36-61)69-43-70(67-38-62(55-23-12-7-13-24-55)37-65(42-67)59-28-17-27-58(33-59)54-21-10-6-11-22-54)45-71(44-69)68-40-63(56-25-15-19-51(31-56)47-74)39-64(41-68)57-26-16-20-52(32-57)48-75;3*1-2/h2,4,6-13,15-28,30-45H,14H2,1,3H3;3*1-2H3/b9-8-,49-18+,50-4+,53-30+;;;. The minimum absolute atomic E-state index is 0.289. The van der Waals surface area contributed by atoms with E-state index in [1.807, 2.05) is 128 Å². The maximum Gasteiger partial charge on any atom is 0.0991 e. The molecule has 0 aliphatic rings. The van der Waals surface area contributed by atoms with E-state index < -0.39 is 0 Å². The van der Waals surface area contributed by atoms with E-state index in [9.17, 15) is 21.0 Å². The summed E-state index contributed by atoms with van der Waals surface area (Å²) in [6.07, 6.45) is 15.8. The zero-order chi connectivity index (χ0) is 58.1. The van der Waals surface area contributed by atoms with Crippen molar-refractivity contribution in [1.29, 1.82) is 21.0 Å². The highest BCUT2D eigenvalue weighted by atomic mass is 14.3. The summed E-state index contributed by atoms with van der Waals surface area (Å²) in [7, 11) is 0. The molecular formula is C77H66N4. The van der Waals surface area contributed by atoms with Crippen LogP contribution >= 0.6 is 0 Å². The van der Waals surface area contributed by atoms with Gasteiger partial charge in [0.05, 0.1) is 41.8 Å². The Kier molecular flexibility index (Phi) is 22.4. The highest BCUT2D eigenvalue weighted by Gasteiger charge is 2.17. The Balaban J connectivity index is 0.00000170. The van der Waals surface area contributed by atoms with Crippen molar-refractivity contribution in [3.8, 4) is 126 Å². The molecule has 0 aliphatic heterocycles. The molecule has 0 spiro atoms. The van der Waals surface area contributed by atoms with Gasteiger partial charge < -0.3 is 0 Å². The van der Waals surface area contributed by atoms with E-state index in [0.717, 1.165) is 106 Å². The Morgan fingerprint density at radius 1 is 0.407 bits per heavy atom. The first-order valence-electron chi connectivity index (χ1n) is 27.6. The lowest BCUT2D eigenvalue weighted by Crippen LogP contribution is -1.93. The van der Waals surface area contributed by atoms with Crippen molar-refractivity contribution in [2.75, 3.05) is 0 Å². The molecule has 394 valence electrons. The molecule has 0 radical (unpaired) electrons. The Morgan fingerprint density at radius 3 is 1.16 bits per heavy atom. The van der Waals surface area contributed by atoms with Crippen molar-refractivity contribution in [3.63, 3.8) is 0 Å². The van der Waals surface area contributed by atoms with Crippen LogP contribution in [-0.4, -0.2) is 0 Å². The molecule has 0 unspecified atom stereocenters. The summed E-state index contributed by atoms with van der Waals surface area (Å²) in [6.45, 7) is 15.9. The van der Waals surface area contributed by atoms with Crippen LogP contribution in [-0.2, 0) is 0 Å². The van der Waals surface area contributed by atoms with E-state index in [0.29, 0.717) is 22.3 Å². The van der Waals surface area contributed by atoms with Crippen molar-refractivity contribution in [2.24, 2.45) is 0 Å². The molecule has 0 atom stereocenters. The van der Waals surface area contributed by atoms with Crippen LogP contribution in [0.5, 0.6) is 0 Å². The molecular weight excluding hydrogens is 981 g/mol. The van der Waals surface area contributed by atoms with Gasteiger partial charge in [-0.25, -0.2) is 0 Å². The van der Waals surface area contributed by atoms with E-state index in [1.54, 1.807) is 24.3 Å². The molecule has 0 heterocycles. The molecule has 0 aromatic heterocycles. The summed E-state index contributed by atoms with van der Waals surface area (Å²) in [5.41, 5.74) is 20.6. The summed E-state index contributed by atoms with van der Waals surface area (Å²) < 4.78 is 0. The quantitative estimate of drug-likeness (QED) is 0.0653. The number of hydrogen-bond acceptors (Lipinski definition) is 4. The predicted molar refractivity (Wildman–Crippen MR) is 343 cm³/mol. The third-order valence-corrected chi connectivity index (χ3v) is 13.1. The summed E-state index contributed by atoms with van der Waals surface area (Å²) in [5, 5.41) is 39.2. The largest absolute Gasteiger partial charge is 0.198 e. The van der Waals surface area contributed by atoms with Crippen molar-refractivity contribution in [3.05, 3.63) is 264 Å². The monoisotopic (exact) mass is 1050 g/mol. The van der Waals surface area contributed by atoms with Gasteiger partial charge in [-0.05, 0) is 229 Å². The molecule has 0 N–H and O–H groups in total. The van der Waals surface area contributed by atoms with Crippen LogP contribution < -0.4 is 0 Å². The summed E-state index contributed by atoms with van der Waals surface area (Å²) in [6, 6.07) is 80.1. The number of benzene rings is 9. The van der Waals surface area contributed by atoms with Crippen LogP contribution in [0.4, 0.5) is 0 Å². The molecule has 0 fully saturated rings. The average molecular weight is 1050 g/mol. The lowest BCUT2D eigenvalue weighted by molar-refractivity contribution is 1.35. The topological polar surface area (TPSA) is 95.2 Å². The smallest absolute Gasteiger partial charge is 0.0991 e. The molecule has 0 saturated heterocycles. The molecule has 9 aromatic carbocycles. The lowest BCUT2D eigenvalue weighted by Gasteiger charge is -2.17. The zero-order valence-corrected chi connectivity index (χ0v) is 47.6. The van der Waals surface area contributed by atoms with Crippen LogP contribution in [0.15, 0.2) is 242 Å². The third-order valence-electron chi connectivity index (χ3n) is 13.1. The summed E-state index contributed by atoms with van der Waals surface area (Å²) >= 11 is 0. The Bertz CT molecular complexity index is 3910. The highest BCUT2D eigenvalue weighted by Crippen LogP contribution is 2.41. The maximum atomic E-state index is 10.00. The lowest BCUT2D eigenvalue weighted by atomic mass is 9.87. The normalized spacial score (nSPS) is 10.9. The van der Waals surface area contributed by atoms with Crippen molar-refractivity contribution in [2.45, 2.75) is 61.8 Å². The second-order valence-corrected chi connectivity index (χ2v) is 18.1. The average Bonchev–Trinajstić information content (AvgIpc) is 3.57. The van der Waals surface area contributed by atoms with E-state index in [2.05, 4.69) is 170 Å². The van der Waals surface area contributed by atoms with Gasteiger partial charge in [0.1, 0.15) is 0 Å². The summed E-state index contributed by atoms with van der Waals surface area (Å²) in [5.74, 6) is 2.87. The van der Waals surface area contributed by atoms with E-state index in [-0.39, 0.29) is 6.42 Å². The first-order valence-corrected chi connectivity index (χ1v) is 27.6. The van der Waals surface area contributed by atoms with Crippen LogP contribution in [0.3, 0.4) is 0 Å². The maximum absolute atomic E-state index is 10.00. The predicted octanol–water partition coefficient (Wildman–Crippen LogP) is 21.2. The Labute approximate surface area is 481 Å². The van der Waals surface area contributed by atoms with Crippen molar-refractivity contribution < 1.29 is 0 Å². The molecule has 0 amide bonds. The van der Waals surface area contributed by atoms with Crippen LogP contribution in [0.2, 0.25) is 0 Å². The number of nitrogens with zero attached hydrogens (tertiary/aromatic N) is 4. The minimum Gasteiger partial charge on any atom is -0.198 e. The van der Waals surface area contributed by atoms with Gasteiger partial charge in [-0.15, -0.1) is 6.42 Å². The van der Waals surface area contributed by atoms with Gasteiger partial charge in [-0.1, -0.05) is 175 Å². The van der Waals surface area contributed by atoms with Crippen LogP contribution in [0.25, 0.3) is 100 Å². The van der Waals surface area contributed by atoms with Gasteiger partial charge in [0.15, 0.2) is 0 Å². The van der Waals surface area contributed by atoms with Crippen molar-refractivity contribution >= 4 is 11.1 Å². The van der Waals surface area contributed by atoms with Crippen LogP contribution in [0.1, 0.15) is 84.1 Å². The fraction of sp³-hybridized carbons (Fsp3) is 0.117. The second kappa shape index (κ2) is 30.4. The number of hydrogen-bond donors (Lipinski definition) is 0. The van der Waals surface area contributed by atoms with Gasteiger partial charge in [-0.2, -0.15) is 21.0 Å². The Hall–Kier alpha value is -10.5. The number of nitriles is 4. The first kappa shape index (κ1) is 59.7. The molecule has 0 saturated carbocycles. The molecule has 4 nitrogen and oxygen atoms in total. The second-order valence-electron chi connectivity index (χ2n) is 18.1.